The van der Waals surface area contributed by atoms with Crippen molar-refractivity contribution >= 4 is 5.91 Å². The van der Waals surface area contributed by atoms with Crippen LogP contribution in [-0.4, -0.2) is 159 Å². The molecule has 0 aliphatic carbocycles. The van der Waals surface area contributed by atoms with Crippen LogP contribution in [0.2, 0.25) is 0 Å². The number of carbonyl (C=O) groups is 1. The Hall–Kier alpha value is -1.09. The lowest BCUT2D eigenvalue weighted by molar-refractivity contribution is -0.368. The van der Waals surface area contributed by atoms with Gasteiger partial charge in [0.05, 0.1) is 55.9 Å². The van der Waals surface area contributed by atoms with Crippen LogP contribution in [0.3, 0.4) is 0 Å². The second-order valence-corrected chi connectivity index (χ2v) is 12.7. The van der Waals surface area contributed by atoms with Gasteiger partial charge in [0.1, 0.15) is 24.4 Å². The topological polar surface area (TPSA) is 246 Å². The zero-order valence-electron chi connectivity index (χ0n) is 28.2. The molecule has 2 fully saturated rings. The molecule has 0 saturated carbocycles. The van der Waals surface area contributed by atoms with Crippen molar-refractivity contribution in [2.75, 3.05) is 26.4 Å². The van der Waals surface area contributed by atoms with Crippen LogP contribution in [-0.2, 0) is 33.2 Å². The zero-order chi connectivity index (χ0) is 35.3. The zero-order valence-corrected chi connectivity index (χ0v) is 28.2. The summed E-state index contributed by atoms with van der Waals surface area (Å²) < 4.78 is 36.3. The maximum Gasteiger partial charge on any atom is 0.217 e. The fourth-order valence-corrected chi connectivity index (χ4v) is 5.83. The lowest BCUT2D eigenvalue weighted by Gasteiger charge is -2.47. The van der Waals surface area contributed by atoms with Crippen LogP contribution >= 0.6 is 0 Å². The van der Waals surface area contributed by atoms with E-state index in [9.17, 15) is 40.5 Å². The predicted octanol–water partition coefficient (Wildman–Crippen LogP) is -1.74. The third-order valence-electron chi connectivity index (χ3n) is 8.58. The summed E-state index contributed by atoms with van der Waals surface area (Å²) in [5, 5.41) is 83.4. The summed E-state index contributed by atoms with van der Waals surface area (Å²) >= 11 is 0. The highest BCUT2D eigenvalue weighted by Gasteiger charge is 2.50. The fraction of sp³-hybridized carbons (Fsp3) is 0.968. The van der Waals surface area contributed by atoms with Gasteiger partial charge in [0.2, 0.25) is 5.91 Å². The minimum absolute atomic E-state index is 0.0444. The summed E-state index contributed by atoms with van der Waals surface area (Å²) in [5.74, 6) is -0.588. The summed E-state index contributed by atoms with van der Waals surface area (Å²) in [7, 11) is 0. The van der Waals surface area contributed by atoms with Crippen molar-refractivity contribution in [3.05, 3.63) is 0 Å². The number of aliphatic hydroxyl groups is 8. The molecule has 9 N–H and O–H groups in total. The first-order valence-corrected chi connectivity index (χ1v) is 16.6. The number of nitrogens with one attached hydrogen (secondary N) is 1. The molecule has 2 rings (SSSR count). The van der Waals surface area contributed by atoms with Crippen LogP contribution in [0.4, 0.5) is 0 Å². The maximum absolute atomic E-state index is 11.8. The maximum atomic E-state index is 11.8. The lowest BCUT2D eigenvalue weighted by atomic mass is 9.93. The average Bonchev–Trinajstić information content (AvgIpc) is 3.01. The highest BCUT2D eigenvalue weighted by atomic mass is 16.8. The second kappa shape index (κ2) is 21.2. The number of aliphatic hydroxyl groups excluding tert-OH is 8. The van der Waals surface area contributed by atoms with Crippen molar-refractivity contribution in [2.45, 2.75) is 159 Å². The van der Waals surface area contributed by atoms with E-state index in [1.54, 1.807) is 20.8 Å². The van der Waals surface area contributed by atoms with Crippen molar-refractivity contribution in [3.63, 3.8) is 0 Å². The Balaban J connectivity index is 2.32. The van der Waals surface area contributed by atoms with Crippen LogP contribution in [0.25, 0.3) is 0 Å². The minimum atomic E-state index is -1.30. The van der Waals surface area contributed by atoms with Gasteiger partial charge in [-0.15, -0.1) is 0 Å². The van der Waals surface area contributed by atoms with Gasteiger partial charge >= 0.3 is 0 Å². The third kappa shape index (κ3) is 13.6. The minimum Gasteiger partial charge on any atom is -0.396 e. The number of ether oxygens (including phenoxy) is 6. The lowest BCUT2D eigenvalue weighted by Crippen LogP contribution is -2.63. The Morgan fingerprint density at radius 1 is 0.851 bits per heavy atom. The van der Waals surface area contributed by atoms with E-state index in [4.69, 9.17) is 33.5 Å². The SMILES string of the molecule is CC(=O)N[C@@H]1C[C@H](O[C@H]2[C@H](O)[C@@H](C)O[C@@H](O[C@H](CCO)[C@@H](C)CC[C@@H](O)C[C@@H](O)CCO)[C@@H]2O[C@H](CO)O[C@H](C)CO)O[C@H](C)[C@H]1O. The third-order valence-corrected chi connectivity index (χ3v) is 8.58. The van der Waals surface area contributed by atoms with E-state index in [0.717, 1.165) is 0 Å². The number of hydrogen-bond donors (Lipinski definition) is 9. The molecule has 47 heavy (non-hydrogen) atoms. The first-order valence-electron chi connectivity index (χ1n) is 16.6. The van der Waals surface area contributed by atoms with Crippen LogP contribution in [0, 0.1) is 5.92 Å². The molecular formula is C31H59NO15. The van der Waals surface area contributed by atoms with Gasteiger partial charge in [-0.1, -0.05) is 6.92 Å². The summed E-state index contributed by atoms with van der Waals surface area (Å²) in [6.45, 7) is 6.58. The Bertz CT molecular complexity index is 873. The quantitative estimate of drug-likeness (QED) is 0.0609. The Morgan fingerprint density at radius 3 is 2.09 bits per heavy atom. The van der Waals surface area contributed by atoms with E-state index in [2.05, 4.69) is 5.32 Å². The Kier molecular flexibility index (Phi) is 19.0. The highest BCUT2D eigenvalue weighted by molar-refractivity contribution is 5.73. The van der Waals surface area contributed by atoms with E-state index in [-0.39, 0.29) is 57.3 Å². The van der Waals surface area contributed by atoms with Gasteiger partial charge in [-0.25, -0.2) is 0 Å². The van der Waals surface area contributed by atoms with Crippen molar-refractivity contribution < 1.29 is 74.1 Å². The molecule has 0 bridgehead atoms. The molecule has 0 aromatic heterocycles. The monoisotopic (exact) mass is 685 g/mol. The molecule has 0 aromatic carbocycles. The van der Waals surface area contributed by atoms with Crippen molar-refractivity contribution in [1.82, 2.24) is 5.32 Å². The second-order valence-electron chi connectivity index (χ2n) is 12.7. The van der Waals surface area contributed by atoms with Gasteiger partial charge in [-0.2, -0.15) is 0 Å². The van der Waals surface area contributed by atoms with Gasteiger partial charge in [-0.3, -0.25) is 4.79 Å². The van der Waals surface area contributed by atoms with Crippen molar-refractivity contribution in [3.8, 4) is 0 Å². The number of carbonyl (C=O) groups excluding carboxylic acids is 1. The number of amides is 1. The van der Waals surface area contributed by atoms with Crippen LogP contribution < -0.4 is 5.32 Å². The molecule has 0 radical (unpaired) electrons. The van der Waals surface area contributed by atoms with Gasteiger partial charge in [-0.05, 0) is 58.8 Å². The summed E-state index contributed by atoms with van der Waals surface area (Å²) in [4.78, 5) is 11.8. The van der Waals surface area contributed by atoms with E-state index >= 15 is 0 Å². The molecule has 0 aromatic rings. The van der Waals surface area contributed by atoms with Crippen molar-refractivity contribution in [2.24, 2.45) is 5.92 Å². The van der Waals surface area contributed by atoms with Crippen LogP contribution in [0.1, 0.15) is 73.1 Å². The van der Waals surface area contributed by atoms with Gasteiger partial charge in [0.25, 0.3) is 0 Å². The average molecular weight is 686 g/mol. The van der Waals surface area contributed by atoms with E-state index < -0.39 is 92.6 Å². The Labute approximate surface area is 276 Å². The normalized spacial score (nSPS) is 33.9. The van der Waals surface area contributed by atoms with E-state index in [1.807, 2.05) is 6.92 Å². The fourth-order valence-electron chi connectivity index (χ4n) is 5.83. The van der Waals surface area contributed by atoms with Crippen molar-refractivity contribution in [1.29, 1.82) is 0 Å². The summed E-state index contributed by atoms with van der Waals surface area (Å²) in [6.07, 6.45) is -11.6. The molecule has 2 aliphatic heterocycles. The number of rotatable bonds is 21. The molecule has 0 unspecified atom stereocenters. The van der Waals surface area contributed by atoms with Gasteiger partial charge in [0.15, 0.2) is 18.9 Å². The van der Waals surface area contributed by atoms with Crippen LogP contribution in [0.5, 0.6) is 0 Å². The van der Waals surface area contributed by atoms with Gasteiger partial charge < -0.3 is 74.6 Å². The molecule has 15 atom stereocenters. The van der Waals surface area contributed by atoms with E-state index in [1.165, 1.54) is 6.92 Å². The van der Waals surface area contributed by atoms with E-state index in [0.29, 0.717) is 12.8 Å². The molecule has 16 nitrogen and oxygen atoms in total. The smallest absolute Gasteiger partial charge is 0.217 e. The highest BCUT2D eigenvalue weighted by Crippen LogP contribution is 2.33. The number of hydrogen-bond acceptors (Lipinski definition) is 15. The Morgan fingerprint density at radius 2 is 1.49 bits per heavy atom. The molecule has 2 aliphatic rings. The first kappa shape index (κ1) is 42.1. The molecule has 1 amide bonds. The first-order chi connectivity index (χ1) is 22.2. The molecule has 278 valence electrons. The molecule has 16 heteroatoms. The molecule has 0 spiro atoms. The molecular weight excluding hydrogens is 626 g/mol. The molecule has 2 heterocycles. The standard InChI is InChI=1S/C31H59NO15/c1-16(6-7-21(38)12-22(39)8-10-33)24(9-11-34)45-31-30(47-26(15-36)42-17(2)14-35)29(28(41)19(4)44-31)46-25-13-23(32-20(5)37)27(40)18(3)43-25/h16-19,21-31,33-36,38-41H,6-15H2,1-5H3,(H,32,37)/t16-,17+,18+,19+,21+,22-,23+,24+,25-,26+,27+,28+,29-,30+,31-/m0/s1. The summed E-state index contributed by atoms with van der Waals surface area (Å²) in [5.41, 5.74) is 0. The largest absolute Gasteiger partial charge is 0.396 e. The van der Waals surface area contributed by atoms with Gasteiger partial charge in [0, 0.05) is 26.6 Å². The molecule has 2 saturated heterocycles. The van der Waals surface area contributed by atoms with Crippen LogP contribution in [0.15, 0.2) is 0 Å². The predicted molar refractivity (Wildman–Crippen MR) is 164 cm³/mol. The summed E-state index contributed by atoms with van der Waals surface area (Å²) in [6, 6.07) is -0.698.